The fourth-order valence-corrected chi connectivity index (χ4v) is 4.38. The Labute approximate surface area is 128 Å². The maximum absolute atomic E-state index is 12.6. The molecule has 0 radical (unpaired) electrons. The SMILES string of the molecule is CCCNc1ccccc1S(=O)(=O)NC1CCC(C)(C)C1. The molecule has 1 aliphatic rings. The summed E-state index contributed by atoms with van der Waals surface area (Å²) in [5.41, 5.74) is 0.914. The van der Waals surface area contributed by atoms with Crippen molar-refractivity contribution >= 4 is 15.7 Å². The molecule has 1 aliphatic carbocycles. The maximum Gasteiger partial charge on any atom is 0.242 e. The lowest BCUT2D eigenvalue weighted by Crippen LogP contribution is -2.34. The molecule has 2 N–H and O–H groups in total. The Morgan fingerprint density at radius 3 is 2.62 bits per heavy atom. The second-order valence-electron chi connectivity index (χ2n) is 6.65. The Morgan fingerprint density at radius 1 is 1.29 bits per heavy atom. The summed E-state index contributed by atoms with van der Waals surface area (Å²) in [6.07, 6.45) is 3.84. The lowest BCUT2D eigenvalue weighted by atomic mass is 9.92. The molecule has 0 spiro atoms. The van der Waals surface area contributed by atoms with Crippen molar-refractivity contribution in [1.29, 1.82) is 0 Å². The van der Waals surface area contributed by atoms with Gasteiger partial charge in [-0.25, -0.2) is 13.1 Å². The number of nitrogens with one attached hydrogen (secondary N) is 2. The molecule has 1 atom stereocenters. The van der Waals surface area contributed by atoms with Crippen molar-refractivity contribution in [3.8, 4) is 0 Å². The van der Waals surface area contributed by atoms with Crippen molar-refractivity contribution < 1.29 is 8.42 Å². The van der Waals surface area contributed by atoms with E-state index in [4.69, 9.17) is 0 Å². The first kappa shape index (κ1) is 16.3. The first-order valence-electron chi connectivity index (χ1n) is 7.69. The van der Waals surface area contributed by atoms with Crippen molar-refractivity contribution in [1.82, 2.24) is 4.72 Å². The van der Waals surface area contributed by atoms with Crippen molar-refractivity contribution in [3.63, 3.8) is 0 Å². The maximum atomic E-state index is 12.6. The summed E-state index contributed by atoms with van der Waals surface area (Å²) in [7, 11) is -3.47. The number of sulfonamides is 1. The Morgan fingerprint density at radius 2 is 2.00 bits per heavy atom. The summed E-state index contributed by atoms with van der Waals surface area (Å²) in [6, 6.07) is 7.16. The van der Waals surface area contributed by atoms with Gasteiger partial charge in [0.15, 0.2) is 0 Å². The molecule has 0 bridgehead atoms. The Balaban J connectivity index is 2.16. The molecule has 0 aliphatic heterocycles. The summed E-state index contributed by atoms with van der Waals surface area (Å²) < 4.78 is 28.1. The predicted octanol–water partition coefficient (Wildman–Crippen LogP) is 3.37. The van der Waals surface area contributed by atoms with Crippen LogP contribution < -0.4 is 10.0 Å². The summed E-state index contributed by atoms with van der Waals surface area (Å²) >= 11 is 0. The van der Waals surface area contributed by atoms with Gasteiger partial charge in [-0.3, -0.25) is 0 Å². The van der Waals surface area contributed by atoms with Crippen LogP contribution in [0.2, 0.25) is 0 Å². The van der Waals surface area contributed by atoms with Crippen LogP contribution in [0.1, 0.15) is 46.5 Å². The number of para-hydroxylation sites is 1. The zero-order valence-electron chi connectivity index (χ0n) is 13.1. The molecule has 0 heterocycles. The molecular weight excluding hydrogens is 284 g/mol. The average Bonchev–Trinajstić information content (AvgIpc) is 2.75. The fraction of sp³-hybridized carbons (Fsp3) is 0.625. The van der Waals surface area contributed by atoms with Gasteiger partial charge in [0.05, 0.1) is 5.69 Å². The van der Waals surface area contributed by atoms with E-state index in [1.54, 1.807) is 12.1 Å². The van der Waals surface area contributed by atoms with E-state index in [-0.39, 0.29) is 11.5 Å². The predicted molar refractivity (Wildman–Crippen MR) is 87.0 cm³/mol. The van der Waals surface area contributed by atoms with Gasteiger partial charge in [-0.15, -0.1) is 0 Å². The Bertz CT molecular complexity index is 582. The molecule has 21 heavy (non-hydrogen) atoms. The van der Waals surface area contributed by atoms with Crippen LogP contribution in [-0.4, -0.2) is 21.0 Å². The van der Waals surface area contributed by atoms with Crippen LogP contribution >= 0.6 is 0 Å². The van der Waals surface area contributed by atoms with Crippen LogP contribution in [0.25, 0.3) is 0 Å². The van der Waals surface area contributed by atoms with Crippen LogP contribution in [0, 0.1) is 5.41 Å². The van der Waals surface area contributed by atoms with Crippen molar-refractivity contribution in [3.05, 3.63) is 24.3 Å². The van der Waals surface area contributed by atoms with Gasteiger partial charge in [0.25, 0.3) is 0 Å². The summed E-state index contributed by atoms with van der Waals surface area (Å²) in [4.78, 5) is 0.350. The van der Waals surface area contributed by atoms with Gasteiger partial charge in [-0.2, -0.15) is 0 Å². The summed E-state index contributed by atoms with van der Waals surface area (Å²) in [5.74, 6) is 0. The zero-order valence-corrected chi connectivity index (χ0v) is 14.0. The Hall–Kier alpha value is -1.07. The van der Waals surface area contributed by atoms with Crippen LogP contribution in [-0.2, 0) is 10.0 Å². The van der Waals surface area contributed by atoms with Gasteiger partial charge in [0.1, 0.15) is 4.90 Å². The smallest absolute Gasteiger partial charge is 0.242 e. The molecule has 1 unspecified atom stereocenters. The van der Waals surface area contributed by atoms with E-state index in [0.717, 1.165) is 32.2 Å². The van der Waals surface area contributed by atoms with Crippen molar-refractivity contribution in [2.24, 2.45) is 5.41 Å². The first-order valence-corrected chi connectivity index (χ1v) is 9.18. The minimum Gasteiger partial charge on any atom is -0.384 e. The number of rotatable bonds is 6. The minimum atomic E-state index is -3.47. The third-order valence-electron chi connectivity index (χ3n) is 4.03. The second-order valence-corrected chi connectivity index (χ2v) is 8.33. The lowest BCUT2D eigenvalue weighted by molar-refractivity contribution is 0.372. The van der Waals surface area contributed by atoms with E-state index < -0.39 is 10.0 Å². The topological polar surface area (TPSA) is 58.2 Å². The lowest BCUT2D eigenvalue weighted by Gasteiger charge is -2.19. The van der Waals surface area contributed by atoms with Crippen molar-refractivity contribution in [2.45, 2.75) is 57.4 Å². The molecule has 0 amide bonds. The van der Waals surface area contributed by atoms with Gasteiger partial charge in [-0.05, 0) is 43.2 Å². The third-order valence-corrected chi connectivity index (χ3v) is 5.61. The van der Waals surface area contributed by atoms with Gasteiger partial charge in [0.2, 0.25) is 10.0 Å². The highest BCUT2D eigenvalue weighted by Crippen LogP contribution is 2.37. The standard InChI is InChI=1S/C16H26N2O2S/c1-4-11-17-14-7-5-6-8-15(14)21(19,20)18-13-9-10-16(2,3)12-13/h5-8,13,17-18H,4,9-12H2,1-3H3. The van der Waals surface area contributed by atoms with E-state index in [0.29, 0.717) is 10.6 Å². The van der Waals surface area contributed by atoms with Crippen LogP contribution in [0.5, 0.6) is 0 Å². The van der Waals surface area contributed by atoms with E-state index in [1.807, 2.05) is 12.1 Å². The molecule has 5 heteroatoms. The van der Waals surface area contributed by atoms with E-state index in [2.05, 4.69) is 30.8 Å². The zero-order chi connectivity index (χ0) is 15.5. The number of anilines is 1. The fourth-order valence-electron chi connectivity index (χ4n) is 2.93. The molecule has 0 aromatic heterocycles. The highest BCUT2D eigenvalue weighted by atomic mass is 32.2. The molecular formula is C16H26N2O2S. The molecule has 4 nitrogen and oxygen atoms in total. The normalized spacial score (nSPS) is 21.4. The van der Waals surface area contributed by atoms with Crippen molar-refractivity contribution in [2.75, 3.05) is 11.9 Å². The van der Waals surface area contributed by atoms with E-state index in [9.17, 15) is 8.42 Å². The van der Waals surface area contributed by atoms with Gasteiger partial charge >= 0.3 is 0 Å². The summed E-state index contributed by atoms with van der Waals surface area (Å²) in [5, 5.41) is 3.19. The van der Waals surface area contributed by atoms with Gasteiger partial charge in [0, 0.05) is 12.6 Å². The minimum absolute atomic E-state index is 0.0456. The number of hydrogen-bond acceptors (Lipinski definition) is 3. The monoisotopic (exact) mass is 310 g/mol. The summed E-state index contributed by atoms with van der Waals surface area (Å²) in [6.45, 7) is 7.21. The van der Waals surface area contributed by atoms with E-state index >= 15 is 0 Å². The molecule has 118 valence electrons. The molecule has 1 saturated carbocycles. The van der Waals surface area contributed by atoms with Gasteiger partial charge < -0.3 is 5.32 Å². The first-order chi connectivity index (χ1) is 9.84. The molecule has 0 saturated heterocycles. The number of benzene rings is 1. The Kier molecular flexibility index (Phi) is 4.94. The van der Waals surface area contributed by atoms with Crippen LogP contribution in [0.3, 0.4) is 0 Å². The number of hydrogen-bond donors (Lipinski definition) is 2. The van der Waals surface area contributed by atoms with Crippen LogP contribution in [0.4, 0.5) is 5.69 Å². The average molecular weight is 310 g/mol. The second kappa shape index (κ2) is 6.36. The van der Waals surface area contributed by atoms with E-state index in [1.165, 1.54) is 0 Å². The molecule has 2 rings (SSSR count). The molecule has 1 fully saturated rings. The van der Waals surface area contributed by atoms with Gasteiger partial charge in [-0.1, -0.05) is 32.9 Å². The van der Waals surface area contributed by atoms with Crippen LogP contribution in [0.15, 0.2) is 29.2 Å². The highest BCUT2D eigenvalue weighted by molar-refractivity contribution is 7.89. The quantitative estimate of drug-likeness (QED) is 0.847. The molecule has 1 aromatic rings. The highest BCUT2D eigenvalue weighted by Gasteiger charge is 2.33. The third kappa shape index (κ3) is 4.20. The largest absolute Gasteiger partial charge is 0.384 e. The molecule has 1 aromatic carbocycles.